The molecule has 0 bridgehead atoms. The Kier molecular flexibility index (Phi) is 6.40. The van der Waals surface area contributed by atoms with Crippen molar-refractivity contribution in [1.82, 2.24) is 10.2 Å². The monoisotopic (exact) mass is 374 g/mol. The van der Waals surface area contributed by atoms with E-state index in [1.807, 2.05) is 48.3 Å². The predicted octanol–water partition coefficient (Wildman–Crippen LogP) is 4.46. The Morgan fingerprint density at radius 2 is 1.92 bits per heavy atom. The minimum atomic E-state index is 0.136. The minimum Gasteiger partial charge on any atom is -0.337 e. The number of hydrogen-bond donors (Lipinski definition) is 1. The van der Waals surface area contributed by atoms with Gasteiger partial charge in [-0.05, 0) is 61.9 Å². The maximum absolute atomic E-state index is 12.7. The van der Waals surface area contributed by atoms with E-state index in [1.54, 1.807) is 11.8 Å². The van der Waals surface area contributed by atoms with Crippen LogP contribution in [0.3, 0.4) is 0 Å². The standard InChI is InChI=1S/C20H23ClN2OS/c1-22-18-3-2-12-23(13-18)20(24)16-6-4-15(5-7-16)14-25-19-10-8-17(21)9-11-19/h4-11,18,22H,2-3,12-14H2,1H3. The van der Waals surface area contributed by atoms with E-state index >= 15 is 0 Å². The van der Waals surface area contributed by atoms with Gasteiger partial charge in [-0.15, -0.1) is 11.8 Å². The number of amides is 1. The smallest absolute Gasteiger partial charge is 0.253 e. The van der Waals surface area contributed by atoms with Crippen LogP contribution in [0.15, 0.2) is 53.4 Å². The van der Waals surface area contributed by atoms with E-state index in [1.165, 1.54) is 10.5 Å². The molecule has 2 aromatic carbocycles. The number of rotatable bonds is 5. The number of halogens is 1. The van der Waals surface area contributed by atoms with E-state index in [0.29, 0.717) is 6.04 Å². The average molecular weight is 375 g/mol. The molecule has 0 spiro atoms. The number of carbonyl (C=O) groups is 1. The number of nitrogens with one attached hydrogen (secondary N) is 1. The number of benzene rings is 2. The van der Waals surface area contributed by atoms with Crippen molar-refractivity contribution in [3.05, 3.63) is 64.7 Å². The Hall–Kier alpha value is -1.49. The van der Waals surface area contributed by atoms with Crippen LogP contribution in [0.1, 0.15) is 28.8 Å². The molecule has 0 radical (unpaired) electrons. The Bertz CT molecular complexity index is 703. The van der Waals surface area contributed by atoms with Crippen LogP contribution in [0, 0.1) is 0 Å². The van der Waals surface area contributed by atoms with Gasteiger partial charge in [0.1, 0.15) is 0 Å². The van der Waals surface area contributed by atoms with Crippen molar-refractivity contribution in [2.75, 3.05) is 20.1 Å². The zero-order chi connectivity index (χ0) is 17.6. The number of likely N-dealkylation sites (N-methyl/N-ethyl adjacent to an activating group) is 1. The molecule has 1 aliphatic heterocycles. The highest BCUT2D eigenvalue weighted by Gasteiger charge is 2.23. The fourth-order valence-corrected chi connectivity index (χ4v) is 4.00. The molecular formula is C20H23ClN2OS. The Morgan fingerprint density at radius 1 is 1.20 bits per heavy atom. The zero-order valence-electron chi connectivity index (χ0n) is 14.4. The molecule has 3 nitrogen and oxygen atoms in total. The molecule has 1 amide bonds. The maximum Gasteiger partial charge on any atom is 0.253 e. The van der Waals surface area contributed by atoms with Crippen LogP contribution in [-0.4, -0.2) is 37.0 Å². The largest absolute Gasteiger partial charge is 0.337 e. The normalized spacial score (nSPS) is 17.5. The van der Waals surface area contributed by atoms with Gasteiger partial charge in [0.05, 0.1) is 0 Å². The quantitative estimate of drug-likeness (QED) is 0.784. The van der Waals surface area contributed by atoms with E-state index in [-0.39, 0.29) is 5.91 Å². The maximum atomic E-state index is 12.7. The molecule has 5 heteroatoms. The lowest BCUT2D eigenvalue weighted by Crippen LogP contribution is -2.46. The van der Waals surface area contributed by atoms with Gasteiger partial charge in [-0.1, -0.05) is 23.7 Å². The second-order valence-corrected chi connectivity index (χ2v) is 7.80. The number of thioether (sulfide) groups is 1. The lowest BCUT2D eigenvalue weighted by Gasteiger charge is -2.32. The number of piperidine rings is 1. The lowest BCUT2D eigenvalue weighted by atomic mass is 10.0. The molecule has 1 heterocycles. The van der Waals surface area contributed by atoms with Gasteiger partial charge in [-0.25, -0.2) is 0 Å². The molecule has 1 unspecified atom stereocenters. The van der Waals surface area contributed by atoms with E-state index in [0.717, 1.165) is 42.3 Å². The van der Waals surface area contributed by atoms with E-state index in [2.05, 4.69) is 17.4 Å². The van der Waals surface area contributed by atoms with Crippen LogP contribution < -0.4 is 5.32 Å². The van der Waals surface area contributed by atoms with Gasteiger partial charge in [0.15, 0.2) is 0 Å². The SMILES string of the molecule is CNC1CCCN(C(=O)c2ccc(CSc3ccc(Cl)cc3)cc2)C1. The summed E-state index contributed by atoms with van der Waals surface area (Å²) in [6.07, 6.45) is 2.20. The molecule has 1 fully saturated rings. The molecule has 0 saturated carbocycles. The molecule has 1 saturated heterocycles. The van der Waals surface area contributed by atoms with Gasteiger partial charge in [0.25, 0.3) is 5.91 Å². The van der Waals surface area contributed by atoms with Gasteiger partial charge < -0.3 is 10.2 Å². The van der Waals surface area contributed by atoms with Gasteiger partial charge in [0, 0.05) is 40.4 Å². The van der Waals surface area contributed by atoms with Crippen molar-refractivity contribution in [1.29, 1.82) is 0 Å². The zero-order valence-corrected chi connectivity index (χ0v) is 15.9. The third-order valence-electron chi connectivity index (χ3n) is 4.54. The van der Waals surface area contributed by atoms with E-state index in [9.17, 15) is 4.79 Å². The highest BCUT2D eigenvalue weighted by Crippen LogP contribution is 2.24. The van der Waals surface area contributed by atoms with E-state index < -0.39 is 0 Å². The number of hydrogen-bond acceptors (Lipinski definition) is 3. The van der Waals surface area contributed by atoms with Crippen LogP contribution >= 0.6 is 23.4 Å². The van der Waals surface area contributed by atoms with Crippen molar-refractivity contribution in [3.63, 3.8) is 0 Å². The predicted molar refractivity (Wildman–Crippen MR) is 105 cm³/mol. The molecule has 132 valence electrons. The summed E-state index contributed by atoms with van der Waals surface area (Å²) < 4.78 is 0. The van der Waals surface area contributed by atoms with Gasteiger partial charge in [0.2, 0.25) is 0 Å². The summed E-state index contributed by atoms with van der Waals surface area (Å²) in [6.45, 7) is 1.65. The van der Waals surface area contributed by atoms with E-state index in [4.69, 9.17) is 11.6 Å². The van der Waals surface area contributed by atoms with Gasteiger partial charge >= 0.3 is 0 Å². The molecule has 25 heavy (non-hydrogen) atoms. The Labute approximate surface area is 158 Å². The first kappa shape index (κ1) is 18.3. The van der Waals surface area contributed by atoms with Crippen molar-refractivity contribution >= 4 is 29.3 Å². The second kappa shape index (κ2) is 8.75. The summed E-state index contributed by atoms with van der Waals surface area (Å²) >= 11 is 7.67. The lowest BCUT2D eigenvalue weighted by molar-refractivity contribution is 0.0698. The molecule has 1 N–H and O–H groups in total. The highest BCUT2D eigenvalue weighted by atomic mass is 35.5. The summed E-state index contributed by atoms with van der Waals surface area (Å²) in [5, 5.41) is 4.04. The van der Waals surface area contributed by atoms with Crippen LogP contribution in [0.2, 0.25) is 5.02 Å². The molecule has 1 aliphatic rings. The summed E-state index contributed by atoms with van der Waals surface area (Å²) in [4.78, 5) is 15.8. The summed E-state index contributed by atoms with van der Waals surface area (Å²) in [5.41, 5.74) is 1.99. The fraction of sp³-hybridized carbons (Fsp3) is 0.350. The molecule has 0 aromatic heterocycles. The first-order valence-electron chi connectivity index (χ1n) is 8.59. The third kappa shape index (κ3) is 5.00. The first-order valence-corrected chi connectivity index (χ1v) is 9.96. The number of nitrogens with zero attached hydrogens (tertiary/aromatic N) is 1. The van der Waals surface area contributed by atoms with Gasteiger partial charge in [-0.2, -0.15) is 0 Å². The summed E-state index contributed by atoms with van der Waals surface area (Å²) in [5.74, 6) is 1.01. The van der Waals surface area contributed by atoms with Crippen molar-refractivity contribution in [3.8, 4) is 0 Å². The Morgan fingerprint density at radius 3 is 2.60 bits per heavy atom. The third-order valence-corrected chi connectivity index (χ3v) is 5.87. The molecule has 1 atom stereocenters. The Balaban J connectivity index is 1.57. The molecular weight excluding hydrogens is 352 g/mol. The summed E-state index contributed by atoms with van der Waals surface area (Å²) in [7, 11) is 1.96. The summed E-state index contributed by atoms with van der Waals surface area (Å²) in [6, 6.07) is 16.3. The van der Waals surface area contributed by atoms with Crippen LogP contribution in [0.25, 0.3) is 0 Å². The molecule has 3 rings (SSSR count). The van der Waals surface area contributed by atoms with Crippen LogP contribution in [0.5, 0.6) is 0 Å². The number of carbonyl (C=O) groups excluding carboxylic acids is 1. The molecule has 0 aliphatic carbocycles. The minimum absolute atomic E-state index is 0.136. The average Bonchev–Trinajstić information content (AvgIpc) is 2.67. The van der Waals surface area contributed by atoms with Crippen molar-refractivity contribution in [2.45, 2.75) is 29.5 Å². The van der Waals surface area contributed by atoms with Crippen molar-refractivity contribution < 1.29 is 4.79 Å². The highest BCUT2D eigenvalue weighted by molar-refractivity contribution is 7.98. The molecule has 2 aromatic rings. The number of likely N-dealkylation sites (tertiary alicyclic amines) is 1. The van der Waals surface area contributed by atoms with Crippen molar-refractivity contribution in [2.24, 2.45) is 0 Å². The van der Waals surface area contributed by atoms with Crippen LogP contribution in [0.4, 0.5) is 0 Å². The first-order chi connectivity index (χ1) is 12.2. The fourth-order valence-electron chi connectivity index (χ4n) is 3.02. The van der Waals surface area contributed by atoms with Gasteiger partial charge in [-0.3, -0.25) is 4.79 Å². The van der Waals surface area contributed by atoms with Crippen LogP contribution in [-0.2, 0) is 5.75 Å². The topological polar surface area (TPSA) is 32.3 Å². The second-order valence-electron chi connectivity index (χ2n) is 6.32.